The molecule has 0 aromatic rings. The summed E-state index contributed by atoms with van der Waals surface area (Å²) < 4.78 is 0. The molecular weight excluding hydrogens is 224 g/mol. The summed E-state index contributed by atoms with van der Waals surface area (Å²) in [5.41, 5.74) is -0.196. The van der Waals surface area contributed by atoms with Crippen molar-refractivity contribution in [3.63, 3.8) is 0 Å². The summed E-state index contributed by atoms with van der Waals surface area (Å²) in [6.07, 6.45) is 0.733. The van der Waals surface area contributed by atoms with Gasteiger partial charge in [-0.2, -0.15) is 0 Å². The molecule has 0 saturated heterocycles. The molecule has 2 bridgehead atoms. The molecule has 3 saturated carbocycles. The second kappa shape index (κ2) is 3.40. The van der Waals surface area contributed by atoms with Crippen molar-refractivity contribution in [2.45, 2.75) is 53.6 Å². The van der Waals surface area contributed by atoms with Crippen LogP contribution >= 0.6 is 0 Å². The maximum Gasteiger partial charge on any atom is 0.0743 e. The van der Waals surface area contributed by atoms with E-state index in [1.165, 1.54) is 0 Å². The van der Waals surface area contributed by atoms with Gasteiger partial charge in [-0.15, -0.1) is 0 Å². The summed E-state index contributed by atoms with van der Waals surface area (Å²) >= 11 is 0. The lowest BCUT2D eigenvalue weighted by molar-refractivity contribution is -0.262. The number of aliphatic hydroxyl groups excluding tert-OH is 1. The summed E-state index contributed by atoms with van der Waals surface area (Å²) in [5, 5.41) is 20.9. The van der Waals surface area contributed by atoms with Crippen LogP contribution in [0, 0.1) is 28.1 Å². The van der Waals surface area contributed by atoms with E-state index < -0.39 is 11.0 Å². The lowest BCUT2D eigenvalue weighted by atomic mass is 9.30. The molecule has 0 unspecified atom stereocenters. The van der Waals surface area contributed by atoms with Gasteiger partial charge in [0.25, 0.3) is 0 Å². The molecule has 18 heavy (non-hydrogen) atoms. The Kier molecular flexibility index (Phi) is 2.66. The fourth-order valence-corrected chi connectivity index (χ4v) is 5.23. The predicted molar refractivity (Wildman–Crippen MR) is 74.1 cm³/mol. The first-order chi connectivity index (χ1) is 7.92. The van der Waals surface area contributed by atoms with E-state index in [9.17, 15) is 10.2 Å². The molecule has 0 heterocycles. The summed E-state index contributed by atoms with van der Waals surface area (Å²) in [4.78, 5) is 0. The van der Waals surface area contributed by atoms with E-state index in [2.05, 4.69) is 41.2 Å². The summed E-state index contributed by atoms with van der Waals surface area (Å²) in [6.45, 7) is 17.2. The van der Waals surface area contributed by atoms with Gasteiger partial charge in [-0.05, 0) is 36.0 Å². The van der Waals surface area contributed by atoms with Crippen LogP contribution in [-0.4, -0.2) is 22.4 Å². The highest BCUT2D eigenvalue weighted by Gasteiger charge is 2.74. The third-order valence-electron chi connectivity index (χ3n) is 5.60. The van der Waals surface area contributed by atoms with Crippen LogP contribution in [0.4, 0.5) is 0 Å². The Labute approximate surface area is 111 Å². The number of rotatable bonds is 1. The van der Waals surface area contributed by atoms with Crippen molar-refractivity contribution in [2.75, 3.05) is 6.61 Å². The first-order valence-electron chi connectivity index (χ1n) is 6.94. The molecule has 0 aromatic heterocycles. The Morgan fingerprint density at radius 3 is 2.11 bits per heavy atom. The molecule has 0 spiro atoms. The molecule has 0 aliphatic heterocycles. The highest BCUT2D eigenvalue weighted by atomic mass is 16.3. The van der Waals surface area contributed by atoms with Gasteiger partial charge in [0.1, 0.15) is 0 Å². The SMILES string of the molecule is C=C1[C@H]2[C@@H](C(C)(C)C)[C@]1(CO)[C@@](C)(O)CC2(C)C. The van der Waals surface area contributed by atoms with Crippen LogP contribution in [0.5, 0.6) is 0 Å². The van der Waals surface area contributed by atoms with E-state index >= 15 is 0 Å². The molecule has 0 amide bonds. The summed E-state index contributed by atoms with van der Waals surface area (Å²) in [7, 11) is 0. The Morgan fingerprint density at radius 1 is 1.28 bits per heavy atom. The Bertz CT molecular complexity index is 386. The topological polar surface area (TPSA) is 40.5 Å². The molecule has 3 aliphatic carbocycles. The van der Waals surface area contributed by atoms with Crippen molar-refractivity contribution in [2.24, 2.45) is 28.1 Å². The van der Waals surface area contributed by atoms with Crippen LogP contribution < -0.4 is 0 Å². The van der Waals surface area contributed by atoms with Crippen molar-refractivity contribution in [3.05, 3.63) is 12.2 Å². The van der Waals surface area contributed by atoms with Gasteiger partial charge in [0.15, 0.2) is 0 Å². The Morgan fingerprint density at radius 2 is 1.78 bits per heavy atom. The maximum atomic E-state index is 11.0. The number of aliphatic hydroxyl groups is 2. The molecule has 0 aromatic carbocycles. The molecular formula is C16H28O2. The number of fused-ring (bicyclic) bond motifs is 2. The van der Waals surface area contributed by atoms with E-state index in [0.29, 0.717) is 11.8 Å². The van der Waals surface area contributed by atoms with Gasteiger partial charge < -0.3 is 10.2 Å². The zero-order chi connectivity index (χ0) is 14.1. The van der Waals surface area contributed by atoms with Gasteiger partial charge in [-0.1, -0.05) is 46.8 Å². The lowest BCUT2D eigenvalue weighted by Crippen LogP contribution is -2.75. The third-order valence-corrected chi connectivity index (χ3v) is 5.60. The molecule has 2 N–H and O–H groups in total. The minimum Gasteiger partial charge on any atom is -0.395 e. The number of hydrogen-bond donors (Lipinski definition) is 2. The van der Waals surface area contributed by atoms with E-state index in [1.807, 2.05) is 6.92 Å². The van der Waals surface area contributed by atoms with Crippen LogP contribution in [0.25, 0.3) is 0 Å². The highest BCUT2D eigenvalue weighted by Crippen LogP contribution is 2.75. The fraction of sp³-hybridized carbons (Fsp3) is 0.875. The monoisotopic (exact) mass is 252 g/mol. The number of hydrogen-bond acceptors (Lipinski definition) is 2. The van der Waals surface area contributed by atoms with E-state index in [4.69, 9.17) is 0 Å². The maximum absolute atomic E-state index is 11.0. The molecule has 4 atom stereocenters. The van der Waals surface area contributed by atoms with Crippen molar-refractivity contribution in [1.29, 1.82) is 0 Å². The van der Waals surface area contributed by atoms with Crippen LogP contribution in [-0.2, 0) is 0 Å². The zero-order valence-corrected chi connectivity index (χ0v) is 12.7. The van der Waals surface area contributed by atoms with Crippen LogP contribution in [0.2, 0.25) is 0 Å². The second-order valence-corrected chi connectivity index (χ2v) is 8.42. The predicted octanol–water partition coefficient (Wildman–Crippen LogP) is 2.99. The normalized spacial score (nSPS) is 46.8. The Hall–Kier alpha value is -0.340. The van der Waals surface area contributed by atoms with E-state index in [0.717, 1.165) is 12.0 Å². The molecule has 104 valence electrons. The standard InChI is InChI=1S/C16H28O2/c1-10-11-12(13(2,3)4)16(10,9-17)15(7,18)8-14(11,5)6/h11-12,17-18H,1,8-9H2,2-7H3/t11-,12-,15-,16+/m0/s1. The molecule has 3 aliphatic rings. The van der Waals surface area contributed by atoms with Crippen LogP contribution in [0.3, 0.4) is 0 Å². The van der Waals surface area contributed by atoms with Gasteiger partial charge >= 0.3 is 0 Å². The average Bonchev–Trinajstić information content (AvgIpc) is 2.08. The van der Waals surface area contributed by atoms with Gasteiger partial charge in [-0.3, -0.25) is 0 Å². The zero-order valence-electron chi connectivity index (χ0n) is 12.7. The first-order valence-corrected chi connectivity index (χ1v) is 6.94. The van der Waals surface area contributed by atoms with Crippen LogP contribution in [0.15, 0.2) is 12.2 Å². The Balaban J connectivity index is 2.59. The summed E-state index contributed by atoms with van der Waals surface area (Å²) in [5.74, 6) is 0.700. The molecule has 2 nitrogen and oxygen atoms in total. The molecule has 2 heteroatoms. The molecule has 3 fully saturated rings. The molecule has 3 rings (SSSR count). The van der Waals surface area contributed by atoms with Gasteiger partial charge in [-0.25, -0.2) is 0 Å². The lowest BCUT2D eigenvalue weighted by Gasteiger charge is -2.74. The van der Waals surface area contributed by atoms with Crippen molar-refractivity contribution < 1.29 is 10.2 Å². The van der Waals surface area contributed by atoms with Gasteiger partial charge in [0, 0.05) is 5.41 Å². The van der Waals surface area contributed by atoms with E-state index in [-0.39, 0.29) is 17.4 Å². The van der Waals surface area contributed by atoms with Gasteiger partial charge in [0.2, 0.25) is 0 Å². The molecule has 0 radical (unpaired) electrons. The van der Waals surface area contributed by atoms with E-state index in [1.54, 1.807) is 0 Å². The summed E-state index contributed by atoms with van der Waals surface area (Å²) in [6, 6.07) is 0. The quantitative estimate of drug-likeness (QED) is 0.704. The minimum atomic E-state index is -0.866. The largest absolute Gasteiger partial charge is 0.395 e. The average molecular weight is 252 g/mol. The highest BCUT2D eigenvalue weighted by molar-refractivity contribution is 5.40. The first kappa shape index (κ1) is 14.1. The van der Waals surface area contributed by atoms with Crippen molar-refractivity contribution in [1.82, 2.24) is 0 Å². The minimum absolute atomic E-state index is 0.00729. The third kappa shape index (κ3) is 1.36. The van der Waals surface area contributed by atoms with Gasteiger partial charge in [0.05, 0.1) is 12.2 Å². The van der Waals surface area contributed by atoms with Crippen LogP contribution in [0.1, 0.15) is 48.0 Å². The second-order valence-electron chi connectivity index (χ2n) is 8.42. The fourth-order valence-electron chi connectivity index (χ4n) is 5.23. The van der Waals surface area contributed by atoms with Crippen molar-refractivity contribution in [3.8, 4) is 0 Å². The van der Waals surface area contributed by atoms with Crippen molar-refractivity contribution >= 4 is 0 Å². The smallest absolute Gasteiger partial charge is 0.0743 e.